The van der Waals surface area contributed by atoms with Gasteiger partial charge in [0.2, 0.25) is 0 Å². The van der Waals surface area contributed by atoms with Crippen molar-refractivity contribution >= 4 is 56.9 Å². The summed E-state index contributed by atoms with van der Waals surface area (Å²) < 4.78 is 0.719. The van der Waals surface area contributed by atoms with Crippen LogP contribution in [0, 0.1) is 3.57 Å². The van der Waals surface area contributed by atoms with Gasteiger partial charge in [-0.1, -0.05) is 35.9 Å². The summed E-state index contributed by atoms with van der Waals surface area (Å²) in [5.74, 6) is 0.213. The van der Waals surface area contributed by atoms with E-state index in [1.807, 2.05) is 0 Å². The van der Waals surface area contributed by atoms with Crippen molar-refractivity contribution in [3.63, 3.8) is 0 Å². The Balaban J connectivity index is 1.83. The molecule has 23 heavy (non-hydrogen) atoms. The first-order valence-corrected chi connectivity index (χ1v) is 8.85. The minimum Gasteiger partial charge on any atom is -0.506 e. The molecular weight excluding hydrogens is 421 g/mol. The lowest BCUT2D eigenvalue weighted by molar-refractivity contribution is 0.470. The molecule has 0 saturated carbocycles. The maximum absolute atomic E-state index is 10.2. The molecule has 0 spiro atoms. The van der Waals surface area contributed by atoms with Crippen LogP contribution >= 0.6 is 34.2 Å². The van der Waals surface area contributed by atoms with Gasteiger partial charge in [0.1, 0.15) is 5.75 Å². The van der Waals surface area contributed by atoms with Crippen LogP contribution in [0.4, 0.5) is 5.69 Å². The van der Waals surface area contributed by atoms with Crippen LogP contribution in [-0.2, 0) is 12.8 Å². The van der Waals surface area contributed by atoms with E-state index in [1.165, 1.54) is 21.9 Å². The van der Waals surface area contributed by atoms with Crippen LogP contribution in [0.1, 0.15) is 16.7 Å². The number of phenols is 1. The summed E-state index contributed by atoms with van der Waals surface area (Å²) in [7, 11) is 0. The second-order valence-corrected chi connectivity index (χ2v) is 7.27. The topological polar surface area (TPSA) is 32.6 Å². The van der Waals surface area contributed by atoms with Gasteiger partial charge in [0.25, 0.3) is 0 Å². The summed E-state index contributed by atoms with van der Waals surface area (Å²) in [6.45, 7) is 0. The largest absolute Gasteiger partial charge is 0.506 e. The molecule has 0 aromatic heterocycles. The van der Waals surface area contributed by atoms with E-state index in [1.54, 1.807) is 18.3 Å². The molecule has 0 amide bonds. The lowest BCUT2D eigenvalue weighted by Crippen LogP contribution is -1.86. The Morgan fingerprint density at radius 2 is 1.87 bits per heavy atom. The van der Waals surface area contributed by atoms with E-state index in [2.05, 4.69) is 57.9 Å². The van der Waals surface area contributed by atoms with E-state index in [9.17, 15) is 5.11 Å². The quantitative estimate of drug-likeness (QED) is 0.411. The molecule has 3 aromatic rings. The third kappa shape index (κ3) is 2.62. The van der Waals surface area contributed by atoms with Crippen LogP contribution in [0.25, 0.3) is 10.8 Å². The highest BCUT2D eigenvalue weighted by molar-refractivity contribution is 14.1. The van der Waals surface area contributed by atoms with Gasteiger partial charge in [0.05, 0.1) is 9.26 Å². The summed E-state index contributed by atoms with van der Waals surface area (Å²) >= 11 is 8.14. The standard InChI is InChI=1S/C19H13ClINO/c20-14-8-13(19(23)16(21)9-14)10-22-17-7-6-12-5-4-11-2-1-3-15(17)18(11)12/h1-3,6-10,23H,4-5H2. The van der Waals surface area contributed by atoms with Crippen LogP contribution in [-0.4, -0.2) is 11.3 Å². The van der Waals surface area contributed by atoms with Crippen molar-refractivity contribution in [2.24, 2.45) is 4.99 Å². The molecule has 0 saturated heterocycles. The van der Waals surface area contributed by atoms with Crippen molar-refractivity contribution in [2.75, 3.05) is 0 Å². The molecule has 1 N–H and O–H groups in total. The third-order valence-corrected chi connectivity index (χ3v) is 5.29. The van der Waals surface area contributed by atoms with E-state index in [0.717, 1.165) is 22.1 Å². The second kappa shape index (κ2) is 5.80. The first kappa shape index (κ1) is 15.0. The average Bonchev–Trinajstić information content (AvgIpc) is 2.96. The molecule has 0 bridgehead atoms. The fourth-order valence-corrected chi connectivity index (χ4v) is 4.23. The molecule has 0 heterocycles. The zero-order chi connectivity index (χ0) is 16.0. The number of rotatable bonds is 2. The van der Waals surface area contributed by atoms with Crippen molar-refractivity contribution in [1.82, 2.24) is 0 Å². The first-order valence-electron chi connectivity index (χ1n) is 7.39. The maximum atomic E-state index is 10.2. The number of nitrogens with zero attached hydrogens (tertiary/aromatic N) is 1. The number of hydrogen-bond acceptors (Lipinski definition) is 2. The van der Waals surface area contributed by atoms with Crippen molar-refractivity contribution in [3.8, 4) is 5.75 Å². The van der Waals surface area contributed by atoms with Crippen LogP contribution in [0.5, 0.6) is 5.75 Å². The van der Waals surface area contributed by atoms with Crippen LogP contribution in [0.3, 0.4) is 0 Å². The maximum Gasteiger partial charge on any atom is 0.137 e. The summed E-state index contributed by atoms with van der Waals surface area (Å²) in [5, 5.41) is 13.3. The molecule has 3 aromatic carbocycles. The van der Waals surface area contributed by atoms with E-state index in [-0.39, 0.29) is 5.75 Å². The smallest absolute Gasteiger partial charge is 0.137 e. The van der Waals surface area contributed by atoms with E-state index < -0.39 is 0 Å². The molecule has 1 aliphatic rings. The summed E-state index contributed by atoms with van der Waals surface area (Å²) in [6, 6.07) is 14.1. The summed E-state index contributed by atoms with van der Waals surface area (Å²) in [5.41, 5.74) is 4.34. The van der Waals surface area contributed by atoms with E-state index in [0.29, 0.717) is 10.6 Å². The monoisotopic (exact) mass is 433 g/mol. The molecule has 114 valence electrons. The highest BCUT2D eigenvalue weighted by Gasteiger charge is 2.15. The van der Waals surface area contributed by atoms with Gasteiger partial charge < -0.3 is 5.11 Å². The summed E-state index contributed by atoms with van der Waals surface area (Å²) in [6.07, 6.45) is 3.89. The Labute approximate surface area is 153 Å². The van der Waals surface area contributed by atoms with Gasteiger partial charge in [0.15, 0.2) is 0 Å². The SMILES string of the molecule is Oc1c(I)cc(Cl)cc1C=Nc1ccc2c3c(cccc13)CC2. The zero-order valence-electron chi connectivity index (χ0n) is 12.2. The number of hydrogen-bond donors (Lipinski definition) is 1. The number of halogens is 2. The predicted molar refractivity (Wildman–Crippen MR) is 104 cm³/mol. The Morgan fingerprint density at radius 1 is 1.09 bits per heavy atom. The molecular formula is C19H13ClINO. The number of benzene rings is 3. The molecule has 0 aliphatic heterocycles. The van der Waals surface area contributed by atoms with Gasteiger partial charge in [-0.2, -0.15) is 0 Å². The van der Waals surface area contributed by atoms with E-state index in [4.69, 9.17) is 11.6 Å². The Morgan fingerprint density at radius 3 is 2.70 bits per heavy atom. The fraction of sp³-hybridized carbons (Fsp3) is 0.105. The van der Waals surface area contributed by atoms with Crippen LogP contribution in [0.15, 0.2) is 47.5 Å². The Bertz CT molecular complexity index is 955. The van der Waals surface area contributed by atoms with Crippen molar-refractivity contribution in [3.05, 3.63) is 67.7 Å². The van der Waals surface area contributed by atoms with Gasteiger partial charge in [0, 0.05) is 22.2 Å². The molecule has 0 radical (unpaired) electrons. The predicted octanol–water partition coefficient (Wildman–Crippen LogP) is 5.65. The van der Waals surface area contributed by atoms with Crippen molar-refractivity contribution < 1.29 is 5.11 Å². The third-order valence-electron chi connectivity index (χ3n) is 4.25. The lowest BCUT2D eigenvalue weighted by Gasteiger charge is -2.06. The Kier molecular flexibility index (Phi) is 3.77. The van der Waals surface area contributed by atoms with Crippen molar-refractivity contribution in [1.29, 1.82) is 0 Å². The van der Waals surface area contributed by atoms with Gasteiger partial charge >= 0.3 is 0 Å². The van der Waals surface area contributed by atoms with Crippen molar-refractivity contribution in [2.45, 2.75) is 12.8 Å². The number of phenolic OH excluding ortho intramolecular Hbond substituents is 1. The van der Waals surface area contributed by atoms with Gasteiger partial charge in [-0.25, -0.2) is 0 Å². The molecule has 2 nitrogen and oxygen atoms in total. The van der Waals surface area contributed by atoms with Crippen LogP contribution in [0.2, 0.25) is 5.02 Å². The normalized spacial score (nSPS) is 13.3. The van der Waals surface area contributed by atoms with Gasteiger partial charge in [-0.05, 0) is 70.1 Å². The Hall–Kier alpha value is -1.59. The minimum absolute atomic E-state index is 0.213. The molecule has 4 rings (SSSR count). The highest BCUT2D eigenvalue weighted by Crippen LogP contribution is 2.36. The van der Waals surface area contributed by atoms with Crippen LogP contribution < -0.4 is 0 Å². The minimum atomic E-state index is 0.213. The second-order valence-electron chi connectivity index (χ2n) is 5.67. The van der Waals surface area contributed by atoms with E-state index >= 15 is 0 Å². The molecule has 0 atom stereocenters. The highest BCUT2D eigenvalue weighted by atomic mass is 127. The number of aliphatic imine (C=N–C) groups is 1. The molecule has 0 fully saturated rings. The lowest BCUT2D eigenvalue weighted by atomic mass is 10.0. The van der Waals surface area contributed by atoms with Gasteiger partial charge in [-0.15, -0.1) is 0 Å². The fourth-order valence-electron chi connectivity index (χ4n) is 3.17. The first-order chi connectivity index (χ1) is 11.1. The average molecular weight is 434 g/mol. The molecule has 4 heteroatoms. The molecule has 0 unspecified atom stereocenters. The summed E-state index contributed by atoms with van der Waals surface area (Å²) in [4.78, 5) is 4.61. The number of aryl methyl sites for hydroxylation is 2. The molecule has 1 aliphatic carbocycles. The zero-order valence-corrected chi connectivity index (χ0v) is 15.1. The number of aromatic hydroxyl groups is 1. The van der Waals surface area contributed by atoms with Gasteiger partial charge in [-0.3, -0.25) is 4.99 Å².